The molecule has 0 fully saturated rings. The molecule has 17 heavy (non-hydrogen) atoms. The number of esters is 1. The molecule has 0 unspecified atom stereocenters. The lowest BCUT2D eigenvalue weighted by Gasteiger charge is -2.09. The Hall–Kier alpha value is -0.780. The summed E-state index contributed by atoms with van der Waals surface area (Å²) in [5.41, 5.74) is -0.0258. The lowest BCUT2D eigenvalue weighted by molar-refractivity contribution is 0.0378. The molecule has 0 aliphatic carbocycles. The first-order valence-electron chi connectivity index (χ1n) is 4.67. The van der Waals surface area contributed by atoms with Gasteiger partial charge < -0.3 is 4.74 Å². The third-order valence-corrected chi connectivity index (χ3v) is 3.46. The number of hydrogen-bond acceptors (Lipinski definition) is 4. The molecule has 0 atom stereocenters. The Morgan fingerprint density at radius 1 is 1.35 bits per heavy atom. The third-order valence-electron chi connectivity index (χ3n) is 1.78. The fourth-order valence-corrected chi connectivity index (χ4v) is 2.06. The molecular weight excluding hydrogens is 287 g/mol. The normalized spacial score (nSPS) is 11.6. The third kappa shape index (κ3) is 3.87. The Morgan fingerprint density at radius 3 is 2.41 bits per heavy atom. The number of carbonyl (C=O) groups excluding carboxylic acids is 1. The van der Waals surface area contributed by atoms with Gasteiger partial charge in [0.2, 0.25) is 0 Å². The van der Waals surface area contributed by atoms with E-state index in [1.165, 1.54) is 12.1 Å². The first kappa shape index (κ1) is 14.3. The van der Waals surface area contributed by atoms with Crippen molar-refractivity contribution in [2.45, 2.75) is 24.8 Å². The van der Waals surface area contributed by atoms with E-state index in [4.69, 9.17) is 27.0 Å². The van der Waals surface area contributed by atoms with Gasteiger partial charge in [0.15, 0.2) is 0 Å². The van der Waals surface area contributed by atoms with Gasteiger partial charge in [-0.2, -0.15) is 0 Å². The summed E-state index contributed by atoms with van der Waals surface area (Å²) >= 11 is 5.79. The number of ether oxygens (including phenoxy) is 1. The molecule has 94 valence electrons. The van der Waals surface area contributed by atoms with Crippen LogP contribution in [-0.4, -0.2) is 20.5 Å². The van der Waals surface area contributed by atoms with E-state index in [0.29, 0.717) is 0 Å². The molecule has 4 nitrogen and oxygen atoms in total. The Bertz CT molecular complexity index is 537. The van der Waals surface area contributed by atoms with Gasteiger partial charge in [-0.25, -0.2) is 13.2 Å². The van der Waals surface area contributed by atoms with Gasteiger partial charge in [-0.3, -0.25) is 0 Å². The summed E-state index contributed by atoms with van der Waals surface area (Å²) in [4.78, 5) is 11.4. The van der Waals surface area contributed by atoms with Crippen LogP contribution in [0.15, 0.2) is 23.1 Å². The maximum Gasteiger partial charge on any atom is 0.339 e. The zero-order valence-electron chi connectivity index (χ0n) is 9.11. The van der Waals surface area contributed by atoms with Gasteiger partial charge in [-0.05, 0) is 32.0 Å². The highest BCUT2D eigenvalue weighted by molar-refractivity contribution is 8.13. The van der Waals surface area contributed by atoms with Gasteiger partial charge in [0.05, 0.1) is 21.6 Å². The van der Waals surface area contributed by atoms with Crippen LogP contribution < -0.4 is 0 Å². The van der Waals surface area contributed by atoms with Crippen molar-refractivity contribution >= 4 is 37.3 Å². The van der Waals surface area contributed by atoms with Gasteiger partial charge in [-0.15, -0.1) is 0 Å². The van der Waals surface area contributed by atoms with Crippen molar-refractivity contribution in [2.24, 2.45) is 0 Å². The summed E-state index contributed by atoms with van der Waals surface area (Å²) < 4.78 is 27.1. The Kier molecular flexibility index (Phi) is 4.41. The van der Waals surface area contributed by atoms with Crippen LogP contribution in [0.2, 0.25) is 5.02 Å². The minimum absolute atomic E-state index is 0.0258. The summed E-state index contributed by atoms with van der Waals surface area (Å²) in [6.07, 6.45) is -0.324. The second-order valence-corrected chi connectivity index (χ2v) is 6.51. The molecule has 0 aliphatic heterocycles. The van der Waals surface area contributed by atoms with Crippen molar-refractivity contribution in [1.29, 1.82) is 0 Å². The minimum Gasteiger partial charge on any atom is -0.459 e. The second kappa shape index (κ2) is 5.25. The topological polar surface area (TPSA) is 60.4 Å². The first-order valence-corrected chi connectivity index (χ1v) is 7.35. The van der Waals surface area contributed by atoms with Crippen molar-refractivity contribution < 1.29 is 17.9 Å². The highest BCUT2D eigenvalue weighted by Crippen LogP contribution is 2.23. The lowest BCUT2D eigenvalue weighted by atomic mass is 10.2. The summed E-state index contributed by atoms with van der Waals surface area (Å²) in [7, 11) is 1.27. The van der Waals surface area contributed by atoms with Gasteiger partial charge in [-0.1, -0.05) is 11.6 Å². The molecule has 0 bridgehead atoms. The quantitative estimate of drug-likeness (QED) is 0.636. The first-order chi connectivity index (χ1) is 7.71. The number of carbonyl (C=O) groups is 1. The van der Waals surface area contributed by atoms with Crippen LogP contribution in [0.1, 0.15) is 24.2 Å². The molecule has 1 rings (SSSR count). The average molecular weight is 297 g/mol. The van der Waals surface area contributed by atoms with Gasteiger partial charge >= 0.3 is 5.97 Å². The molecule has 0 saturated heterocycles. The Morgan fingerprint density at radius 2 is 1.94 bits per heavy atom. The summed E-state index contributed by atoms with van der Waals surface area (Å²) in [5.74, 6) is -0.688. The van der Waals surface area contributed by atoms with Crippen molar-refractivity contribution in [1.82, 2.24) is 0 Å². The minimum atomic E-state index is -3.90. The van der Waals surface area contributed by atoms with Crippen LogP contribution in [0.25, 0.3) is 0 Å². The largest absolute Gasteiger partial charge is 0.459 e. The number of rotatable bonds is 3. The number of benzene rings is 1. The molecule has 0 heterocycles. The standard InChI is InChI=1S/C10H10Cl2O4S/c1-6(2)16-10(13)8-5-7(17(12,14)15)3-4-9(8)11/h3-6H,1-2H3. The zero-order valence-corrected chi connectivity index (χ0v) is 11.4. The fourth-order valence-electron chi connectivity index (χ4n) is 1.09. The van der Waals surface area contributed by atoms with Gasteiger partial charge in [0, 0.05) is 10.7 Å². The van der Waals surface area contributed by atoms with Crippen LogP contribution in [0.5, 0.6) is 0 Å². The van der Waals surface area contributed by atoms with E-state index in [1.807, 2.05) is 0 Å². The highest BCUT2D eigenvalue weighted by Gasteiger charge is 2.18. The second-order valence-electron chi connectivity index (χ2n) is 3.53. The molecule has 0 aliphatic rings. The zero-order chi connectivity index (χ0) is 13.2. The summed E-state index contributed by atoms with van der Waals surface area (Å²) in [6.45, 7) is 3.35. The number of hydrogen-bond donors (Lipinski definition) is 0. The van der Waals surface area contributed by atoms with E-state index >= 15 is 0 Å². The highest BCUT2D eigenvalue weighted by atomic mass is 35.7. The van der Waals surface area contributed by atoms with Crippen LogP contribution in [0, 0.1) is 0 Å². The molecule has 0 aromatic heterocycles. The van der Waals surface area contributed by atoms with E-state index in [1.54, 1.807) is 13.8 Å². The molecule has 1 aromatic carbocycles. The molecular formula is C10H10Cl2O4S. The number of halogens is 2. The predicted molar refractivity (Wildman–Crippen MR) is 65.0 cm³/mol. The SMILES string of the molecule is CC(C)OC(=O)c1cc(S(=O)(=O)Cl)ccc1Cl. The molecule has 7 heteroatoms. The van der Waals surface area contributed by atoms with E-state index in [9.17, 15) is 13.2 Å². The van der Waals surface area contributed by atoms with Gasteiger partial charge in [0.1, 0.15) is 0 Å². The fraction of sp³-hybridized carbons (Fsp3) is 0.300. The van der Waals surface area contributed by atoms with Crippen molar-refractivity contribution in [3.63, 3.8) is 0 Å². The van der Waals surface area contributed by atoms with Crippen LogP contribution in [-0.2, 0) is 13.8 Å². The molecule has 0 spiro atoms. The van der Waals surface area contributed by atoms with Crippen molar-refractivity contribution in [3.05, 3.63) is 28.8 Å². The average Bonchev–Trinajstić information content (AvgIpc) is 2.15. The Balaban J connectivity index is 3.20. The molecule has 0 radical (unpaired) electrons. The van der Waals surface area contributed by atoms with E-state index in [-0.39, 0.29) is 21.6 Å². The van der Waals surface area contributed by atoms with Crippen molar-refractivity contribution in [3.8, 4) is 0 Å². The molecule has 0 N–H and O–H groups in total. The van der Waals surface area contributed by atoms with E-state index in [0.717, 1.165) is 6.07 Å². The van der Waals surface area contributed by atoms with E-state index < -0.39 is 15.0 Å². The maximum atomic E-state index is 11.6. The molecule has 0 saturated carbocycles. The van der Waals surface area contributed by atoms with E-state index in [2.05, 4.69) is 0 Å². The monoisotopic (exact) mass is 296 g/mol. The maximum absolute atomic E-state index is 11.6. The van der Waals surface area contributed by atoms with Crippen LogP contribution >= 0.6 is 22.3 Å². The smallest absolute Gasteiger partial charge is 0.339 e. The van der Waals surface area contributed by atoms with Crippen molar-refractivity contribution in [2.75, 3.05) is 0 Å². The van der Waals surface area contributed by atoms with Gasteiger partial charge in [0.25, 0.3) is 9.05 Å². The van der Waals surface area contributed by atoms with Crippen LogP contribution in [0.4, 0.5) is 0 Å². The Labute approximate surface area is 109 Å². The van der Waals surface area contributed by atoms with Crippen LogP contribution in [0.3, 0.4) is 0 Å². The lowest BCUT2D eigenvalue weighted by Crippen LogP contribution is -2.12. The molecule has 0 amide bonds. The summed E-state index contributed by atoms with van der Waals surface area (Å²) in [6, 6.07) is 3.60. The summed E-state index contributed by atoms with van der Waals surface area (Å²) in [5, 5.41) is 0.111. The molecule has 1 aromatic rings. The predicted octanol–water partition coefficient (Wildman–Crippen LogP) is 2.83.